The van der Waals surface area contributed by atoms with Gasteiger partial charge in [0, 0.05) is 6.54 Å². The van der Waals surface area contributed by atoms with E-state index < -0.39 is 0 Å². The van der Waals surface area contributed by atoms with Crippen LogP contribution in [0.15, 0.2) is 4.52 Å². The summed E-state index contributed by atoms with van der Waals surface area (Å²) in [6.45, 7) is 1.32. The number of nitrogens with two attached hydrogens (primary N) is 1. The highest BCUT2D eigenvalue weighted by Crippen LogP contribution is 2.41. The highest BCUT2D eigenvalue weighted by atomic mass is 16.5. The predicted octanol–water partition coefficient (Wildman–Crippen LogP) is 0.512. The molecule has 0 unspecified atom stereocenters. The molecule has 2 rings (SSSR count). The summed E-state index contributed by atoms with van der Waals surface area (Å²) < 4.78 is 5.30. The number of aromatic nitrogens is 2. The van der Waals surface area contributed by atoms with Crippen LogP contribution in [0.2, 0.25) is 0 Å². The van der Waals surface area contributed by atoms with Crippen molar-refractivity contribution < 1.29 is 4.52 Å². The fraction of sp³-hybridized carbons (Fsp3) is 0.800. The molecule has 1 aromatic rings. The van der Waals surface area contributed by atoms with Gasteiger partial charge in [0.15, 0.2) is 5.82 Å². The molecular weight excluding hydrogens is 192 g/mol. The fourth-order valence-corrected chi connectivity index (χ4v) is 1.93. The van der Waals surface area contributed by atoms with E-state index in [1.165, 1.54) is 6.42 Å². The zero-order valence-corrected chi connectivity index (χ0v) is 9.36. The molecule has 0 amide bonds. The average Bonchev–Trinajstić information content (AvgIpc) is 2.51. The van der Waals surface area contributed by atoms with Gasteiger partial charge in [-0.25, -0.2) is 0 Å². The first kappa shape index (κ1) is 10.6. The number of hydrogen-bond acceptors (Lipinski definition) is 5. The Morgan fingerprint density at radius 2 is 2.20 bits per heavy atom. The molecule has 1 aliphatic rings. The van der Waals surface area contributed by atoms with E-state index >= 15 is 0 Å². The Hall–Kier alpha value is -0.940. The Bertz CT molecular complexity index is 324. The lowest BCUT2D eigenvalue weighted by Crippen LogP contribution is -2.41. The van der Waals surface area contributed by atoms with Crippen molar-refractivity contribution in [1.82, 2.24) is 15.0 Å². The van der Waals surface area contributed by atoms with Crippen LogP contribution in [0.4, 0.5) is 0 Å². The van der Waals surface area contributed by atoms with Crippen LogP contribution >= 0.6 is 0 Å². The summed E-state index contributed by atoms with van der Waals surface area (Å²) in [5.41, 5.74) is 5.76. The molecule has 0 aromatic carbocycles. The van der Waals surface area contributed by atoms with Gasteiger partial charge in [-0.15, -0.1) is 0 Å². The minimum Gasteiger partial charge on any atom is -0.339 e. The van der Waals surface area contributed by atoms with Crippen molar-refractivity contribution in [1.29, 1.82) is 0 Å². The molecule has 0 atom stereocenters. The van der Waals surface area contributed by atoms with E-state index in [0.717, 1.165) is 24.6 Å². The Morgan fingerprint density at radius 1 is 1.47 bits per heavy atom. The first-order valence-electron chi connectivity index (χ1n) is 5.34. The molecule has 15 heavy (non-hydrogen) atoms. The summed E-state index contributed by atoms with van der Waals surface area (Å²) in [5.74, 6) is 1.47. The summed E-state index contributed by atoms with van der Waals surface area (Å²) in [5, 5.41) is 3.97. The maximum absolute atomic E-state index is 5.77. The van der Waals surface area contributed by atoms with Crippen molar-refractivity contribution >= 4 is 0 Å². The van der Waals surface area contributed by atoms with Crippen LogP contribution in [0.3, 0.4) is 0 Å². The minimum absolute atomic E-state index is 0.0163. The van der Waals surface area contributed by atoms with Crippen LogP contribution in [0.25, 0.3) is 0 Å². The molecule has 5 heteroatoms. The highest BCUT2D eigenvalue weighted by molar-refractivity contribution is 5.11. The third-order valence-corrected chi connectivity index (χ3v) is 3.08. The molecule has 1 aliphatic carbocycles. The lowest BCUT2D eigenvalue weighted by molar-refractivity contribution is 0.181. The Kier molecular flexibility index (Phi) is 2.75. The molecule has 2 N–H and O–H groups in total. The lowest BCUT2D eigenvalue weighted by Gasteiger charge is -2.36. The summed E-state index contributed by atoms with van der Waals surface area (Å²) in [6.07, 6.45) is 3.36. The molecule has 0 spiro atoms. The van der Waals surface area contributed by atoms with Gasteiger partial charge >= 0.3 is 0 Å². The van der Waals surface area contributed by atoms with Gasteiger partial charge in [0.25, 0.3) is 0 Å². The van der Waals surface area contributed by atoms with Gasteiger partial charge in [-0.05, 0) is 26.9 Å². The van der Waals surface area contributed by atoms with E-state index in [1.54, 1.807) is 0 Å². The van der Waals surface area contributed by atoms with Gasteiger partial charge in [-0.1, -0.05) is 11.6 Å². The molecular formula is C10H18N4O. The van der Waals surface area contributed by atoms with Crippen LogP contribution in [0, 0.1) is 0 Å². The van der Waals surface area contributed by atoms with Gasteiger partial charge in [-0.3, -0.25) is 0 Å². The second-order valence-corrected chi connectivity index (χ2v) is 4.59. The third kappa shape index (κ3) is 1.89. The zero-order valence-electron chi connectivity index (χ0n) is 9.36. The van der Waals surface area contributed by atoms with Crippen molar-refractivity contribution in [3.05, 3.63) is 11.7 Å². The Labute approximate surface area is 89.6 Å². The monoisotopic (exact) mass is 210 g/mol. The van der Waals surface area contributed by atoms with Crippen LogP contribution in [-0.2, 0) is 12.0 Å². The topological polar surface area (TPSA) is 68.2 Å². The SMILES string of the molecule is CN(C)Cc1noc(C2(CN)CCC2)n1. The van der Waals surface area contributed by atoms with Gasteiger partial charge in [0.05, 0.1) is 12.0 Å². The number of hydrogen-bond donors (Lipinski definition) is 1. The molecule has 0 saturated heterocycles. The van der Waals surface area contributed by atoms with E-state index in [9.17, 15) is 0 Å². The van der Waals surface area contributed by atoms with E-state index in [4.69, 9.17) is 10.3 Å². The van der Waals surface area contributed by atoms with Crippen molar-refractivity contribution in [2.75, 3.05) is 20.6 Å². The third-order valence-electron chi connectivity index (χ3n) is 3.08. The van der Waals surface area contributed by atoms with Gasteiger partial charge in [0.1, 0.15) is 0 Å². The van der Waals surface area contributed by atoms with E-state index in [1.807, 2.05) is 19.0 Å². The molecule has 84 valence electrons. The summed E-state index contributed by atoms with van der Waals surface area (Å²) >= 11 is 0. The smallest absolute Gasteiger partial charge is 0.234 e. The molecule has 5 nitrogen and oxygen atoms in total. The molecule has 1 saturated carbocycles. The van der Waals surface area contributed by atoms with Crippen LogP contribution in [0.1, 0.15) is 31.0 Å². The van der Waals surface area contributed by atoms with E-state index in [0.29, 0.717) is 13.1 Å². The first-order chi connectivity index (χ1) is 7.16. The summed E-state index contributed by atoms with van der Waals surface area (Å²) in [6, 6.07) is 0. The minimum atomic E-state index is -0.0163. The predicted molar refractivity (Wildman–Crippen MR) is 56.3 cm³/mol. The van der Waals surface area contributed by atoms with Crippen LogP contribution in [-0.4, -0.2) is 35.7 Å². The first-order valence-corrected chi connectivity index (χ1v) is 5.34. The standard InChI is InChI=1S/C10H18N4O/c1-14(2)6-8-12-9(15-13-8)10(7-11)4-3-5-10/h3-7,11H2,1-2H3. The largest absolute Gasteiger partial charge is 0.339 e. The molecule has 1 heterocycles. The van der Waals surface area contributed by atoms with Crippen molar-refractivity contribution in [2.45, 2.75) is 31.2 Å². The molecule has 0 radical (unpaired) electrons. The van der Waals surface area contributed by atoms with Gasteiger partial charge < -0.3 is 15.2 Å². The van der Waals surface area contributed by atoms with Crippen molar-refractivity contribution in [3.8, 4) is 0 Å². The zero-order chi connectivity index (χ0) is 10.9. The molecule has 1 fully saturated rings. The summed E-state index contributed by atoms with van der Waals surface area (Å²) in [4.78, 5) is 6.43. The molecule has 1 aromatic heterocycles. The number of rotatable bonds is 4. The van der Waals surface area contributed by atoms with Crippen LogP contribution < -0.4 is 5.73 Å². The van der Waals surface area contributed by atoms with Crippen molar-refractivity contribution in [2.24, 2.45) is 5.73 Å². The Balaban J connectivity index is 2.12. The summed E-state index contributed by atoms with van der Waals surface area (Å²) in [7, 11) is 3.97. The lowest BCUT2D eigenvalue weighted by atomic mass is 9.69. The maximum Gasteiger partial charge on any atom is 0.234 e. The van der Waals surface area contributed by atoms with E-state index in [2.05, 4.69) is 10.1 Å². The second kappa shape index (κ2) is 3.90. The molecule has 0 bridgehead atoms. The average molecular weight is 210 g/mol. The van der Waals surface area contributed by atoms with Crippen LogP contribution in [0.5, 0.6) is 0 Å². The fourth-order valence-electron chi connectivity index (χ4n) is 1.93. The Morgan fingerprint density at radius 3 is 2.67 bits per heavy atom. The van der Waals surface area contributed by atoms with Gasteiger partial charge in [-0.2, -0.15) is 4.98 Å². The maximum atomic E-state index is 5.77. The molecule has 0 aliphatic heterocycles. The second-order valence-electron chi connectivity index (χ2n) is 4.59. The quantitative estimate of drug-likeness (QED) is 0.784. The number of nitrogens with zero attached hydrogens (tertiary/aromatic N) is 3. The van der Waals surface area contributed by atoms with E-state index in [-0.39, 0.29) is 5.41 Å². The highest BCUT2D eigenvalue weighted by Gasteiger charge is 2.42. The normalized spacial score (nSPS) is 19.2. The van der Waals surface area contributed by atoms with Crippen molar-refractivity contribution in [3.63, 3.8) is 0 Å². The van der Waals surface area contributed by atoms with Gasteiger partial charge in [0.2, 0.25) is 5.89 Å².